The van der Waals surface area contributed by atoms with E-state index in [-0.39, 0.29) is 12.4 Å². The highest BCUT2D eigenvalue weighted by Gasteiger charge is 2.18. The van der Waals surface area contributed by atoms with Gasteiger partial charge in [0.15, 0.2) is 16.6 Å². The van der Waals surface area contributed by atoms with Crippen LogP contribution >= 0.6 is 12.2 Å². The van der Waals surface area contributed by atoms with E-state index in [1.807, 2.05) is 42.2 Å². The lowest BCUT2D eigenvalue weighted by Gasteiger charge is -2.26. The molecule has 2 heterocycles. The molecule has 180 valence electrons. The Bertz CT molecular complexity index is 1250. The van der Waals surface area contributed by atoms with Crippen molar-refractivity contribution in [3.8, 4) is 11.5 Å². The molecule has 4 rings (SSSR count). The van der Waals surface area contributed by atoms with Gasteiger partial charge in [-0.05, 0) is 94.1 Å². The third kappa shape index (κ3) is 5.69. The minimum absolute atomic E-state index is 0.0939. The van der Waals surface area contributed by atoms with E-state index < -0.39 is 0 Å². The second-order valence-electron chi connectivity index (χ2n) is 9.10. The van der Waals surface area contributed by atoms with Crippen LogP contribution in [0.1, 0.15) is 28.7 Å². The van der Waals surface area contributed by atoms with Gasteiger partial charge in [-0.2, -0.15) is 0 Å². The van der Waals surface area contributed by atoms with Crippen molar-refractivity contribution < 1.29 is 9.47 Å². The second-order valence-corrected chi connectivity index (χ2v) is 9.49. The number of aromatic amines is 1. The Balaban J connectivity index is 1.59. The van der Waals surface area contributed by atoms with Crippen molar-refractivity contribution in [2.24, 2.45) is 0 Å². The lowest BCUT2D eigenvalue weighted by molar-refractivity contribution is 0.174. The zero-order valence-electron chi connectivity index (χ0n) is 20.2. The Labute approximate surface area is 205 Å². The maximum Gasteiger partial charge on any atom is 0.253 e. The molecule has 0 saturated heterocycles. The third-order valence-corrected chi connectivity index (χ3v) is 6.31. The van der Waals surface area contributed by atoms with Gasteiger partial charge in [-0.25, -0.2) is 0 Å². The van der Waals surface area contributed by atoms with Gasteiger partial charge in [0.25, 0.3) is 5.56 Å². The summed E-state index contributed by atoms with van der Waals surface area (Å²) in [7, 11) is 4.11. The Kier molecular flexibility index (Phi) is 7.38. The summed E-state index contributed by atoms with van der Waals surface area (Å²) < 4.78 is 11.0. The Hall–Kier alpha value is -3.10. The molecule has 0 aliphatic carbocycles. The lowest BCUT2D eigenvalue weighted by atomic mass is 10.0. The molecule has 8 heteroatoms. The van der Waals surface area contributed by atoms with Gasteiger partial charge in [0, 0.05) is 29.6 Å². The number of rotatable bonds is 8. The number of nitrogens with one attached hydrogen (secondary N) is 2. The molecule has 0 fully saturated rings. The number of hydrogen-bond acceptors (Lipinski definition) is 5. The minimum atomic E-state index is -0.0939. The molecule has 1 aromatic heterocycles. The summed E-state index contributed by atoms with van der Waals surface area (Å²) in [4.78, 5) is 20.2. The number of fused-ring (bicyclic) bond motifs is 2. The van der Waals surface area contributed by atoms with E-state index in [0.29, 0.717) is 23.8 Å². The average molecular weight is 481 g/mol. The largest absolute Gasteiger partial charge is 0.454 e. The molecule has 0 bridgehead atoms. The number of benzene rings is 2. The van der Waals surface area contributed by atoms with Crippen molar-refractivity contribution >= 4 is 28.2 Å². The molecule has 2 aromatic carbocycles. The van der Waals surface area contributed by atoms with E-state index >= 15 is 0 Å². The zero-order valence-corrected chi connectivity index (χ0v) is 21.1. The molecule has 1 aliphatic heterocycles. The van der Waals surface area contributed by atoms with Crippen LogP contribution in [0.3, 0.4) is 0 Å². The zero-order chi connectivity index (χ0) is 24.2. The van der Waals surface area contributed by atoms with Crippen LogP contribution in [0.5, 0.6) is 11.5 Å². The number of aromatic nitrogens is 1. The number of hydrogen-bond donors (Lipinski definition) is 2. The number of H-pyrrole nitrogens is 1. The first-order valence-corrected chi connectivity index (χ1v) is 11.9. The highest BCUT2D eigenvalue weighted by atomic mass is 32.1. The predicted molar refractivity (Wildman–Crippen MR) is 140 cm³/mol. The number of nitrogens with zero attached hydrogens (tertiary/aromatic N) is 2. The van der Waals surface area contributed by atoms with Gasteiger partial charge >= 0.3 is 0 Å². The van der Waals surface area contributed by atoms with E-state index in [2.05, 4.69) is 42.3 Å². The summed E-state index contributed by atoms with van der Waals surface area (Å²) in [5.41, 5.74) is 4.74. The first-order valence-electron chi connectivity index (χ1n) is 11.5. The number of thiocarbonyl (C=S) groups is 1. The minimum Gasteiger partial charge on any atom is -0.454 e. The smallest absolute Gasteiger partial charge is 0.253 e. The highest BCUT2D eigenvalue weighted by Crippen LogP contribution is 2.33. The highest BCUT2D eigenvalue weighted by molar-refractivity contribution is 7.80. The normalized spacial score (nSPS) is 12.4. The first-order chi connectivity index (χ1) is 16.3. The van der Waals surface area contributed by atoms with E-state index in [9.17, 15) is 4.79 Å². The molecule has 34 heavy (non-hydrogen) atoms. The van der Waals surface area contributed by atoms with Gasteiger partial charge in [0.1, 0.15) is 0 Å². The third-order valence-electron chi connectivity index (χ3n) is 5.91. The average Bonchev–Trinajstić information content (AvgIpc) is 3.24. The summed E-state index contributed by atoms with van der Waals surface area (Å²) in [6, 6.07) is 12.0. The molecule has 0 radical (unpaired) electrons. The fraction of sp³-hybridized carbons (Fsp3) is 0.385. The van der Waals surface area contributed by atoms with Crippen molar-refractivity contribution in [2.45, 2.75) is 33.4 Å². The molecule has 3 aromatic rings. The summed E-state index contributed by atoms with van der Waals surface area (Å²) in [5.74, 6) is 1.48. The van der Waals surface area contributed by atoms with Gasteiger partial charge in [-0.15, -0.1) is 0 Å². The summed E-state index contributed by atoms with van der Waals surface area (Å²) in [6.07, 6.45) is 0.972. The fourth-order valence-corrected chi connectivity index (χ4v) is 4.43. The van der Waals surface area contributed by atoms with Crippen molar-refractivity contribution in [3.05, 3.63) is 69.0 Å². The van der Waals surface area contributed by atoms with Crippen molar-refractivity contribution in [3.63, 3.8) is 0 Å². The first kappa shape index (κ1) is 24.0. The predicted octanol–water partition coefficient (Wildman–Crippen LogP) is 3.70. The monoisotopic (exact) mass is 480 g/mol. The molecule has 7 nitrogen and oxygen atoms in total. The van der Waals surface area contributed by atoms with Crippen molar-refractivity contribution in [2.75, 3.05) is 34.0 Å². The topological polar surface area (TPSA) is 69.8 Å². The summed E-state index contributed by atoms with van der Waals surface area (Å²) in [6.45, 7) is 7.01. The number of aryl methyl sites for hydroxylation is 2. The molecule has 0 atom stereocenters. The quantitative estimate of drug-likeness (QED) is 0.376. The Morgan fingerprint density at radius 3 is 2.68 bits per heavy atom. The van der Waals surface area contributed by atoms with Crippen molar-refractivity contribution in [1.82, 2.24) is 20.1 Å². The molecule has 0 saturated carbocycles. The van der Waals surface area contributed by atoms with Gasteiger partial charge in [-0.3, -0.25) is 4.79 Å². The van der Waals surface area contributed by atoms with Gasteiger partial charge < -0.3 is 29.6 Å². The molecular weight excluding hydrogens is 448 g/mol. The number of ether oxygens (including phenoxy) is 2. The van der Waals surface area contributed by atoms with Crippen LogP contribution in [0.15, 0.2) is 41.2 Å². The van der Waals surface area contributed by atoms with Gasteiger partial charge in [0.2, 0.25) is 6.79 Å². The van der Waals surface area contributed by atoms with Crippen LogP contribution in [0.4, 0.5) is 0 Å². The van der Waals surface area contributed by atoms with Gasteiger partial charge in [-0.1, -0.05) is 12.1 Å². The van der Waals surface area contributed by atoms with E-state index in [0.717, 1.165) is 58.6 Å². The maximum atomic E-state index is 13.0. The van der Waals surface area contributed by atoms with E-state index in [1.54, 1.807) is 0 Å². The van der Waals surface area contributed by atoms with Gasteiger partial charge in [0.05, 0.1) is 6.54 Å². The molecule has 1 aliphatic rings. The van der Waals surface area contributed by atoms with Crippen LogP contribution < -0.4 is 20.3 Å². The van der Waals surface area contributed by atoms with E-state index in [1.165, 1.54) is 0 Å². The molecular formula is C26H32N4O3S. The molecule has 2 N–H and O–H groups in total. The lowest BCUT2D eigenvalue weighted by Crippen LogP contribution is -2.40. The fourth-order valence-electron chi connectivity index (χ4n) is 4.20. The summed E-state index contributed by atoms with van der Waals surface area (Å²) in [5, 5.41) is 5.04. The molecule has 0 amide bonds. The van der Waals surface area contributed by atoms with Crippen LogP contribution in [0, 0.1) is 13.8 Å². The number of pyridine rings is 1. The maximum absolute atomic E-state index is 13.0. The standard InChI is InChI=1S/C26H32N4O3S/c1-17-10-18(2)21-13-20(25(31)28-22(21)11-17)15-30(26(34)27-8-5-9-29(3)4)14-19-6-7-23-24(12-19)33-16-32-23/h6-7,10-13H,5,8-9,14-16H2,1-4H3,(H,27,34)(H,28,31). The Morgan fingerprint density at radius 1 is 1.09 bits per heavy atom. The van der Waals surface area contributed by atoms with E-state index in [4.69, 9.17) is 21.7 Å². The van der Waals surface area contributed by atoms with Crippen LogP contribution in [-0.4, -0.2) is 53.9 Å². The summed E-state index contributed by atoms with van der Waals surface area (Å²) >= 11 is 5.77. The van der Waals surface area contributed by atoms with Crippen LogP contribution in [0.25, 0.3) is 10.9 Å². The molecule has 0 spiro atoms. The van der Waals surface area contributed by atoms with Crippen molar-refractivity contribution in [1.29, 1.82) is 0 Å². The second kappa shape index (κ2) is 10.4. The Morgan fingerprint density at radius 2 is 1.88 bits per heavy atom. The van der Waals surface area contributed by atoms with Crippen LogP contribution in [-0.2, 0) is 13.1 Å². The molecule has 0 unspecified atom stereocenters. The SMILES string of the molecule is Cc1cc(C)c2cc(CN(Cc3ccc4c(c3)OCO4)C(=S)NCCCN(C)C)c(=O)[nH]c2c1. The van der Waals surface area contributed by atoms with Crippen LogP contribution in [0.2, 0.25) is 0 Å².